The molecule has 2 N–H and O–H groups in total. The Kier molecular flexibility index (Phi) is 1.61. The van der Waals surface area contributed by atoms with Gasteiger partial charge in [0.25, 0.3) is 0 Å². The Hall–Kier alpha value is -1.36. The van der Waals surface area contributed by atoms with Gasteiger partial charge in [0.05, 0.1) is 31.1 Å². The molecule has 0 saturated carbocycles. The number of rotatable bonds is 1. The van der Waals surface area contributed by atoms with Crippen molar-refractivity contribution in [3.05, 3.63) is 12.4 Å². The van der Waals surface area contributed by atoms with Crippen LogP contribution in [0.2, 0.25) is 0 Å². The lowest BCUT2D eigenvalue weighted by Gasteiger charge is -2.27. The molecular weight excluding hydrogens is 180 g/mol. The maximum absolute atomic E-state index is 5.59. The number of morpholine rings is 1. The zero-order valence-corrected chi connectivity index (χ0v) is 7.76. The molecule has 74 valence electrons. The van der Waals surface area contributed by atoms with Crippen LogP contribution >= 0.6 is 0 Å². The number of nitrogens with two attached hydrogens (primary N) is 1. The maximum atomic E-state index is 5.59. The number of nitrogen functional groups attached to an aromatic ring is 1. The molecule has 0 amide bonds. The highest BCUT2D eigenvalue weighted by Crippen LogP contribution is 2.31. The molecule has 1 aromatic heterocycles. The number of hydrogen-bond donors (Lipinski definition) is 1. The van der Waals surface area contributed by atoms with Crippen LogP contribution in [0.4, 0.5) is 11.6 Å². The smallest absolute Gasteiger partial charge is 0.149 e. The molecule has 2 fully saturated rings. The van der Waals surface area contributed by atoms with E-state index in [-0.39, 0.29) is 0 Å². The first-order chi connectivity index (χ1) is 6.83. The second-order valence-corrected chi connectivity index (χ2v) is 3.80. The van der Waals surface area contributed by atoms with E-state index < -0.39 is 0 Å². The van der Waals surface area contributed by atoms with Crippen molar-refractivity contribution in [2.45, 2.75) is 18.6 Å². The van der Waals surface area contributed by atoms with Crippen molar-refractivity contribution in [2.75, 3.05) is 23.8 Å². The van der Waals surface area contributed by atoms with E-state index in [4.69, 9.17) is 10.5 Å². The van der Waals surface area contributed by atoms with Crippen molar-refractivity contribution < 1.29 is 4.74 Å². The molecule has 0 spiro atoms. The van der Waals surface area contributed by atoms with Crippen LogP contribution in [0, 0.1) is 0 Å². The van der Waals surface area contributed by atoms with Crippen LogP contribution in [0.5, 0.6) is 0 Å². The van der Waals surface area contributed by atoms with Gasteiger partial charge in [-0.2, -0.15) is 0 Å². The van der Waals surface area contributed by atoms with Crippen LogP contribution in [0.15, 0.2) is 12.4 Å². The Morgan fingerprint density at radius 3 is 3.07 bits per heavy atom. The highest BCUT2D eigenvalue weighted by atomic mass is 16.5. The summed E-state index contributed by atoms with van der Waals surface area (Å²) in [5.74, 6) is 1.35. The lowest BCUT2D eigenvalue weighted by molar-refractivity contribution is 0.0989. The minimum Gasteiger partial charge on any atom is -0.382 e. The topological polar surface area (TPSA) is 64.3 Å². The molecule has 0 aromatic carbocycles. The summed E-state index contributed by atoms with van der Waals surface area (Å²) in [6, 6.07) is 0.469. The molecular formula is C9H12N4O. The summed E-state index contributed by atoms with van der Waals surface area (Å²) in [5.41, 5.74) is 5.59. The Morgan fingerprint density at radius 1 is 1.50 bits per heavy atom. The van der Waals surface area contributed by atoms with Gasteiger partial charge in [0.2, 0.25) is 0 Å². The van der Waals surface area contributed by atoms with Crippen molar-refractivity contribution in [1.29, 1.82) is 0 Å². The van der Waals surface area contributed by atoms with Gasteiger partial charge in [-0.1, -0.05) is 0 Å². The maximum Gasteiger partial charge on any atom is 0.149 e. The fourth-order valence-electron chi connectivity index (χ4n) is 2.19. The van der Waals surface area contributed by atoms with Gasteiger partial charge in [0, 0.05) is 6.54 Å². The molecule has 3 rings (SSSR count). The number of ether oxygens (including phenoxy) is 1. The number of hydrogen-bond acceptors (Lipinski definition) is 5. The third kappa shape index (κ3) is 1.13. The molecule has 5 nitrogen and oxygen atoms in total. The van der Waals surface area contributed by atoms with Gasteiger partial charge < -0.3 is 15.4 Å². The predicted molar refractivity (Wildman–Crippen MR) is 51.9 cm³/mol. The standard InChI is InChI=1S/C9H12N4O/c10-8-2-11-3-9(12-8)13-4-7-1-6(13)5-14-7/h2-3,6-7H,1,4-5H2,(H2,10,12). The summed E-state index contributed by atoms with van der Waals surface area (Å²) in [4.78, 5) is 10.5. The Balaban J connectivity index is 1.89. The molecule has 2 bridgehead atoms. The molecule has 0 radical (unpaired) electrons. The zero-order chi connectivity index (χ0) is 9.54. The predicted octanol–water partition coefficient (Wildman–Crippen LogP) is 0.0363. The van der Waals surface area contributed by atoms with Gasteiger partial charge in [-0.3, -0.25) is 4.98 Å². The van der Waals surface area contributed by atoms with Gasteiger partial charge >= 0.3 is 0 Å². The average Bonchev–Trinajstić information content (AvgIpc) is 2.78. The molecule has 3 heterocycles. The SMILES string of the molecule is Nc1cncc(N2CC3CC2CO3)n1. The van der Waals surface area contributed by atoms with E-state index in [2.05, 4.69) is 14.9 Å². The van der Waals surface area contributed by atoms with Crippen LogP contribution in [0.3, 0.4) is 0 Å². The van der Waals surface area contributed by atoms with E-state index in [1.54, 1.807) is 12.4 Å². The summed E-state index contributed by atoms with van der Waals surface area (Å²) in [5, 5.41) is 0. The highest BCUT2D eigenvalue weighted by Gasteiger charge is 2.39. The number of aromatic nitrogens is 2. The van der Waals surface area contributed by atoms with Crippen molar-refractivity contribution in [1.82, 2.24) is 9.97 Å². The fraction of sp³-hybridized carbons (Fsp3) is 0.556. The minimum atomic E-state index is 0.378. The van der Waals surface area contributed by atoms with Crippen LogP contribution in [0.25, 0.3) is 0 Å². The molecule has 14 heavy (non-hydrogen) atoms. The van der Waals surface area contributed by atoms with Crippen LogP contribution in [0.1, 0.15) is 6.42 Å². The Morgan fingerprint density at radius 2 is 2.43 bits per heavy atom. The molecule has 2 aliphatic rings. The quantitative estimate of drug-likeness (QED) is 0.680. The highest BCUT2D eigenvalue weighted by molar-refractivity contribution is 5.44. The molecule has 0 aliphatic carbocycles. The van der Waals surface area contributed by atoms with Crippen LogP contribution < -0.4 is 10.6 Å². The van der Waals surface area contributed by atoms with E-state index in [9.17, 15) is 0 Å². The summed E-state index contributed by atoms with van der Waals surface area (Å²) in [6.45, 7) is 1.73. The summed E-state index contributed by atoms with van der Waals surface area (Å²) < 4.78 is 5.51. The molecule has 2 atom stereocenters. The molecule has 5 heteroatoms. The van der Waals surface area contributed by atoms with E-state index in [1.807, 2.05) is 0 Å². The van der Waals surface area contributed by atoms with E-state index in [0.717, 1.165) is 25.4 Å². The van der Waals surface area contributed by atoms with Crippen molar-refractivity contribution in [2.24, 2.45) is 0 Å². The normalized spacial score (nSPS) is 29.9. The molecule has 2 aliphatic heterocycles. The van der Waals surface area contributed by atoms with Crippen molar-refractivity contribution in [3.8, 4) is 0 Å². The first kappa shape index (κ1) is 7.99. The third-order valence-electron chi connectivity index (χ3n) is 2.84. The fourth-order valence-corrected chi connectivity index (χ4v) is 2.19. The summed E-state index contributed by atoms with van der Waals surface area (Å²) in [6.07, 6.45) is 4.81. The van der Waals surface area contributed by atoms with Crippen LogP contribution in [-0.4, -0.2) is 35.3 Å². The van der Waals surface area contributed by atoms with Gasteiger partial charge in [0.15, 0.2) is 0 Å². The van der Waals surface area contributed by atoms with Gasteiger partial charge in [-0.25, -0.2) is 4.98 Å². The number of nitrogens with zero attached hydrogens (tertiary/aromatic N) is 3. The van der Waals surface area contributed by atoms with Gasteiger partial charge in [-0.15, -0.1) is 0 Å². The average molecular weight is 192 g/mol. The lowest BCUT2D eigenvalue weighted by Crippen LogP contribution is -2.37. The van der Waals surface area contributed by atoms with Gasteiger partial charge in [-0.05, 0) is 6.42 Å². The van der Waals surface area contributed by atoms with E-state index >= 15 is 0 Å². The second-order valence-electron chi connectivity index (χ2n) is 3.80. The molecule has 2 unspecified atom stereocenters. The monoisotopic (exact) mass is 192 g/mol. The van der Waals surface area contributed by atoms with Crippen LogP contribution in [-0.2, 0) is 4.74 Å². The third-order valence-corrected chi connectivity index (χ3v) is 2.84. The van der Waals surface area contributed by atoms with Gasteiger partial charge in [0.1, 0.15) is 11.6 Å². The van der Waals surface area contributed by atoms with E-state index in [1.165, 1.54) is 0 Å². The zero-order valence-electron chi connectivity index (χ0n) is 7.76. The first-order valence-corrected chi connectivity index (χ1v) is 4.79. The van der Waals surface area contributed by atoms with Crippen molar-refractivity contribution in [3.63, 3.8) is 0 Å². The first-order valence-electron chi connectivity index (χ1n) is 4.79. The minimum absolute atomic E-state index is 0.378. The molecule has 2 saturated heterocycles. The largest absolute Gasteiger partial charge is 0.382 e. The molecule has 1 aromatic rings. The van der Waals surface area contributed by atoms with Crippen molar-refractivity contribution >= 4 is 11.6 Å². The van der Waals surface area contributed by atoms with E-state index in [0.29, 0.717) is 18.0 Å². The number of anilines is 2. The number of fused-ring (bicyclic) bond motifs is 2. The summed E-state index contributed by atoms with van der Waals surface area (Å²) >= 11 is 0. The lowest BCUT2D eigenvalue weighted by atomic mass is 10.2. The second kappa shape index (κ2) is 2.81. The Bertz CT molecular complexity index is 356. The Labute approximate surface area is 81.9 Å². The summed E-state index contributed by atoms with van der Waals surface area (Å²) in [7, 11) is 0.